The first kappa shape index (κ1) is 22.8. The van der Waals surface area contributed by atoms with Crippen LogP contribution in [0.15, 0.2) is 40.5 Å². The molecule has 1 aromatic carbocycles. The molecule has 4 rings (SSSR count). The van der Waals surface area contributed by atoms with Crippen LogP contribution in [0.2, 0.25) is 0 Å². The van der Waals surface area contributed by atoms with Crippen molar-refractivity contribution in [2.75, 3.05) is 19.0 Å². The van der Waals surface area contributed by atoms with E-state index in [9.17, 15) is 9.59 Å². The third kappa shape index (κ3) is 4.53. The van der Waals surface area contributed by atoms with Gasteiger partial charge in [-0.25, -0.2) is 0 Å². The Hall–Kier alpha value is -2.43. The number of ether oxygens (including phenoxy) is 1. The van der Waals surface area contributed by atoms with Crippen LogP contribution in [0.4, 0.5) is 5.69 Å². The summed E-state index contributed by atoms with van der Waals surface area (Å²) in [7, 11) is 4.01. The number of ketones is 1. The summed E-state index contributed by atoms with van der Waals surface area (Å²) in [6.07, 6.45) is 6.49. The van der Waals surface area contributed by atoms with Gasteiger partial charge in [0.2, 0.25) is 0 Å². The Bertz CT molecular complexity index is 950. The van der Waals surface area contributed by atoms with E-state index in [1.807, 2.05) is 25.9 Å². The summed E-state index contributed by atoms with van der Waals surface area (Å²) in [6.45, 7) is 6.15. The second-order valence-electron chi connectivity index (χ2n) is 10.7. The third-order valence-electron chi connectivity index (χ3n) is 7.16. The first-order valence-corrected chi connectivity index (χ1v) is 12.0. The molecular formula is C27H36N2O3. The molecule has 0 bridgehead atoms. The van der Waals surface area contributed by atoms with Crippen LogP contribution in [0.1, 0.15) is 77.2 Å². The highest BCUT2D eigenvalue weighted by Crippen LogP contribution is 2.48. The number of allylic oxidation sites excluding steroid dienone is 2. The van der Waals surface area contributed by atoms with E-state index in [2.05, 4.69) is 38.1 Å². The zero-order valence-corrected chi connectivity index (χ0v) is 20.1. The molecule has 1 heterocycles. The van der Waals surface area contributed by atoms with Crippen molar-refractivity contribution in [3.63, 3.8) is 0 Å². The van der Waals surface area contributed by atoms with Gasteiger partial charge in [-0.3, -0.25) is 14.6 Å². The molecule has 1 fully saturated rings. The lowest BCUT2D eigenvalue weighted by atomic mass is 9.67. The molecule has 3 aliphatic rings. The van der Waals surface area contributed by atoms with Crippen LogP contribution in [-0.2, 0) is 14.3 Å². The van der Waals surface area contributed by atoms with Crippen molar-refractivity contribution in [1.29, 1.82) is 0 Å². The minimum atomic E-state index is -0.550. The predicted molar refractivity (Wildman–Crippen MR) is 128 cm³/mol. The number of benzene rings is 1. The molecule has 5 heteroatoms. The van der Waals surface area contributed by atoms with Crippen LogP contribution in [0.3, 0.4) is 0 Å². The second-order valence-corrected chi connectivity index (χ2v) is 10.7. The molecule has 0 spiro atoms. The number of hydrogen-bond acceptors (Lipinski definition) is 5. The molecule has 1 unspecified atom stereocenters. The Labute approximate surface area is 191 Å². The van der Waals surface area contributed by atoms with Crippen LogP contribution >= 0.6 is 0 Å². The van der Waals surface area contributed by atoms with Gasteiger partial charge < -0.3 is 9.64 Å². The molecule has 2 atom stereocenters. The van der Waals surface area contributed by atoms with Gasteiger partial charge in [-0.05, 0) is 62.1 Å². The lowest BCUT2D eigenvalue weighted by Crippen LogP contribution is -2.40. The van der Waals surface area contributed by atoms with Gasteiger partial charge >= 0.3 is 5.97 Å². The molecule has 1 aliphatic heterocycles. The van der Waals surface area contributed by atoms with Crippen molar-refractivity contribution in [3.8, 4) is 0 Å². The number of rotatable bonds is 4. The number of aliphatic imine (C=N–C) groups is 1. The normalized spacial score (nSPS) is 25.8. The molecule has 0 aromatic heterocycles. The van der Waals surface area contributed by atoms with Gasteiger partial charge in [-0.1, -0.05) is 32.4 Å². The van der Waals surface area contributed by atoms with Crippen molar-refractivity contribution in [1.82, 2.24) is 0 Å². The van der Waals surface area contributed by atoms with Crippen molar-refractivity contribution >= 4 is 23.2 Å². The lowest BCUT2D eigenvalue weighted by Gasteiger charge is -2.39. The second kappa shape index (κ2) is 8.84. The van der Waals surface area contributed by atoms with E-state index in [0.29, 0.717) is 6.42 Å². The molecule has 1 aromatic rings. The van der Waals surface area contributed by atoms with Crippen LogP contribution < -0.4 is 4.90 Å². The molecule has 0 radical (unpaired) electrons. The topological polar surface area (TPSA) is 59.0 Å². The minimum absolute atomic E-state index is 0.0165. The fraction of sp³-hybridized carbons (Fsp3) is 0.593. The maximum Gasteiger partial charge on any atom is 0.315 e. The number of carbonyl (C=O) groups excluding carboxylic acids is 2. The van der Waals surface area contributed by atoms with Crippen LogP contribution in [0, 0.1) is 11.3 Å². The average molecular weight is 437 g/mol. The SMILES string of the molecule is CC1=NC2=C(C(=O)CC(C)(C)C2)[C@H](c2ccc(N(C)C)cc2)C1C(=O)OC1CCCCC1. The van der Waals surface area contributed by atoms with E-state index in [1.54, 1.807) is 0 Å². The molecule has 5 nitrogen and oxygen atoms in total. The third-order valence-corrected chi connectivity index (χ3v) is 7.16. The van der Waals surface area contributed by atoms with Crippen molar-refractivity contribution in [2.24, 2.45) is 16.3 Å². The summed E-state index contributed by atoms with van der Waals surface area (Å²) in [5.41, 5.74) is 4.29. The van der Waals surface area contributed by atoms with Gasteiger partial charge in [0.1, 0.15) is 12.0 Å². The van der Waals surface area contributed by atoms with E-state index >= 15 is 0 Å². The summed E-state index contributed by atoms with van der Waals surface area (Å²) >= 11 is 0. The Morgan fingerprint density at radius 3 is 2.34 bits per heavy atom. The average Bonchev–Trinajstić information content (AvgIpc) is 2.72. The standard InChI is InChI=1S/C27H36N2O3/c1-17-23(26(31)32-20-9-7-6-8-10-20)24(18-11-13-19(14-12-18)29(4)5)25-21(28-17)15-27(2,3)16-22(25)30/h11-14,20,23-24H,6-10,15-16H2,1-5H3/t23?,24-/m1/s1. The van der Waals surface area contributed by atoms with Gasteiger partial charge in [0.15, 0.2) is 5.78 Å². The molecule has 32 heavy (non-hydrogen) atoms. The maximum absolute atomic E-state index is 13.5. The summed E-state index contributed by atoms with van der Waals surface area (Å²) in [5.74, 6) is -1.00. The van der Waals surface area contributed by atoms with Crippen LogP contribution in [-0.4, -0.2) is 37.7 Å². The van der Waals surface area contributed by atoms with Crippen molar-refractivity contribution in [2.45, 2.75) is 77.7 Å². The Morgan fingerprint density at radius 1 is 1.06 bits per heavy atom. The summed E-state index contributed by atoms with van der Waals surface area (Å²) in [5, 5.41) is 0. The predicted octanol–water partition coefficient (Wildman–Crippen LogP) is 5.45. The van der Waals surface area contributed by atoms with Crippen molar-refractivity contribution in [3.05, 3.63) is 41.1 Å². The lowest BCUT2D eigenvalue weighted by molar-refractivity contribution is -0.153. The number of nitrogens with zero attached hydrogens (tertiary/aromatic N) is 2. The number of Topliss-reactive ketones (excluding diaryl/α,β-unsaturated/α-hetero) is 1. The van der Waals surface area contributed by atoms with Crippen molar-refractivity contribution < 1.29 is 14.3 Å². The Morgan fingerprint density at radius 2 is 1.72 bits per heavy atom. The molecule has 0 amide bonds. The van der Waals surface area contributed by atoms with Gasteiger partial charge in [0.25, 0.3) is 0 Å². The van der Waals surface area contributed by atoms with E-state index < -0.39 is 5.92 Å². The minimum Gasteiger partial charge on any atom is -0.462 e. The molecule has 0 saturated heterocycles. The van der Waals surface area contributed by atoms with E-state index in [0.717, 1.165) is 60.3 Å². The molecule has 1 saturated carbocycles. The maximum atomic E-state index is 13.5. The summed E-state index contributed by atoms with van der Waals surface area (Å²) in [4.78, 5) is 33.8. The molecular weight excluding hydrogens is 400 g/mol. The first-order chi connectivity index (χ1) is 15.2. The van der Waals surface area contributed by atoms with Gasteiger partial charge in [-0.2, -0.15) is 0 Å². The van der Waals surface area contributed by atoms with Gasteiger partial charge in [-0.15, -0.1) is 0 Å². The highest BCUT2D eigenvalue weighted by atomic mass is 16.5. The number of esters is 1. The number of anilines is 1. The smallest absolute Gasteiger partial charge is 0.315 e. The fourth-order valence-electron chi connectivity index (χ4n) is 5.51. The molecule has 2 aliphatic carbocycles. The highest BCUT2D eigenvalue weighted by Gasteiger charge is 2.46. The quantitative estimate of drug-likeness (QED) is 0.589. The zero-order valence-electron chi connectivity index (χ0n) is 20.1. The van der Waals surface area contributed by atoms with Crippen LogP contribution in [0.5, 0.6) is 0 Å². The fourth-order valence-corrected chi connectivity index (χ4v) is 5.51. The van der Waals surface area contributed by atoms with Gasteiger partial charge in [0.05, 0.1) is 0 Å². The van der Waals surface area contributed by atoms with E-state index in [1.165, 1.54) is 6.42 Å². The van der Waals surface area contributed by atoms with Crippen LogP contribution in [0.25, 0.3) is 0 Å². The zero-order chi connectivity index (χ0) is 23.0. The highest BCUT2D eigenvalue weighted by molar-refractivity contribution is 6.09. The molecule has 0 N–H and O–H groups in total. The monoisotopic (exact) mass is 436 g/mol. The Kier molecular flexibility index (Phi) is 6.28. The molecule has 172 valence electrons. The largest absolute Gasteiger partial charge is 0.462 e. The number of hydrogen-bond donors (Lipinski definition) is 0. The van der Waals surface area contributed by atoms with Gasteiger partial charge in [0, 0.05) is 49.1 Å². The number of carbonyl (C=O) groups is 2. The summed E-state index contributed by atoms with van der Waals surface area (Å²) in [6, 6.07) is 8.21. The first-order valence-electron chi connectivity index (χ1n) is 12.0. The van der Waals surface area contributed by atoms with E-state index in [4.69, 9.17) is 9.73 Å². The Balaban J connectivity index is 1.74. The van der Waals surface area contributed by atoms with E-state index in [-0.39, 0.29) is 29.2 Å². The summed E-state index contributed by atoms with van der Waals surface area (Å²) < 4.78 is 6.01.